The van der Waals surface area contributed by atoms with Gasteiger partial charge in [0.15, 0.2) is 0 Å². The molecule has 0 saturated carbocycles. The van der Waals surface area contributed by atoms with E-state index in [-0.39, 0.29) is 35.5 Å². The van der Waals surface area contributed by atoms with Gasteiger partial charge in [-0.15, -0.1) is 0 Å². The normalized spacial score (nSPS) is 15.8. The molecule has 1 fully saturated rings. The Hall–Kier alpha value is -2.30. The molecule has 154 valence electrons. The summed E-state index contributed by atoms with van der Waals surface area (Å²) in [5.74, 6) is -0.438. The lowest BCUT2D eigenvalue weighted by atomic mass is 9.97. The van der Waals surface area contributed by atoms with Gasteiger partial charge in [-0.2, -0.15) is 4.31 Å². The molecule has 1 aliphatic rings. The van der Waals surface area contributed by atoms with Gasteiger partial charge in [0.05, 0.1) is 9.82 Å². The molecule has 8 nitrogen and oxygen atoms in total. The Morgan fingerprint density at radius 1 is 1.17 bits per heavy atom. The zero-order chi connectivity index (χ0) is 21.2. The van der Waals surface area contributed by atoms with Crippen LogP contribution in [0.2, 0.25) is 0 Å². The molecule has 29 heavy (non-hydrogen) atoms. The van der Waals surface area contributed by atoms with Crippen molar-refractivity contribution in [3.63, 3.8) is 0 Å². The predicted octanol–water partition coefficient (Wildman–Crippen LogP) is 3.71. The smallest absolute Gasteiger partial charge is 0.270 e. The van der Waals surface area contributed by atoms with Crippen LogP contribution in [-0.2, 0) is 14.8 Å². The van der Waals surface area contributed by atoms with Gasteiger partial charge in [-0.25, -0.2) is 8.42 Å². The molecule has 0 unspecified atom stereocenters. The predicted molar refractivity (Wildman–Crippen MR) is 112 cm³/mol. The van der Waals surface area contributed by atoms with E-state index >= 15 is 0 Å². The number of anilines is 1. The third-order valence-corrected chi connectivity index (χ3v) is 7.51. The van der Waals surface area contributed by atoms with E-state index in [0.29, 0.717) is 24.1 Å². The zero-order valence-electron chi connectivity index (χ0n) is 15.7. The summed E-state index contributed by atoms with van der Waals surface area (Å²) in [5, 5.41) is 13.9. The zero-order valence-corrected chi connectivity index (χ0v) is 18.1. The number of nitro benzene ring substituents is 1. The number of rotatable bonds is 5. The molecule has 1 amide bonds. The lowest BCUT2D eigenvalue weighted by Crippen LogP contribution is -2.41. The Balaban J connectivity index is 1.68. The molecule has 1 N–H and O–H groups in total. The average molecular weight is 482 g/mol. The first kappa shape index (κ1) is 21.4. The Kier molecular flexibility index (Phi) is 6.35. The highest BCUT2D eigenvalue weighted by atomic mass is 79.9. The maximum absolute atomic E-state index is 13.0. The number of piperidine rings is 1. The van der Waals surface area contributed by atoms with Crippen LogP contribution in [0, 0.1) is 23.0 Å². The van der Waals surface area contributed by atoms with Crippen LogP contribution in [-0.4, -0.2) is 36.6 Å². The van der Waals surface area contributed by atoms with E-state index in [0.717, 1.165) is 10.5 Å². The lowest BCUT2D eigenvalue weighted by Gasteiger charge is -2.30. The van der Waals surface area contributed by atoms with Gasteiger partial charge in [0, 0.05) is 41.3 Å². The van der Waals surface area contributed by atoms with Crippen LogP contribution < -0.4 is 5.32 Å². The molecule has 1 saturated heterocycles. The quantitative estimate of drug-likeness (QED) is 0.516. The highest BCUT2D eigenvalue weighted by molar-refractivity contribution is 9.10. The fraction of sp³-hybridized carbons (Fsp3) is 0.316. The summed E-state index contributed by atoms with van der Waals surface area (Å²) in [6.07, 6.45) is 0.769. The number of aryl methyl sites for hydroxylation is 1. The van der Waals surface area contributed by atoms with Gasteiger partial charge in [-0.1, -0.05) is 22.0 Å². The second-order valence-electron chi connectivity index (χ2n) is 6.88. The molecular weight excluding hydrogens is 462 g/mol. The summed E-state index contributed by atoms with van der Waals surface area (Å²) in [6, 6.07) is 11.0. The summed E-state index contributed by atoms with van der Waals surface area (Å²) in [5.41, 5.74) is 0.865. The minimum atomic E-state index is -3.87. The topological polar surface area (TPSA) is 110 Å². The van der Waals surface area contributed by atoms with Crippen molar-refractivity contribution in [1.82, 2.24) is 4.31 Å². The van der Waals surface area contributed by atoms with Gasteiger partial charge in [0.25, 0.3) is 5.69 Å². The number of carbonyl (C=O) groups is 1. The van der Waals surface area contributed by atoms with Crippen LogP contribution in [0.25, 0.3) is 0 Å². The third kappa shape index (κ3) is 4.82. The van der Waals surface area contributed by atoms with Crippen LogP contribution in [0.5, 0.6) is 0 Å². The summed E-state index contributed by atoms with van der Waals surface area (Å²) in [4.78, 5) is 22.8. The second kappa shape index (κ2) is 8.60. The summed E-state index contributed by atoms with van der Waals surface area (Å²) >= 11 is 3.34. The standard InChI is InChI=1S/C19H20BrN3O5S/c1-13-2-7-17(23(25)26)12-18(13)29(27,28)22-10-8-14(9-11-22)19(24)21-16-5-3-15(20)4-6-16/h2-7,12,14H,8-11H2,1H3,(H,21,24). The van der Waals surface area contributed by atoms with E-state index in [2.05, 4.69) is 21.2 Å². The van der Waals surface area contributed by atoms with Crippen molar-refractivity contribution in [3.8, 4) is 0 Å². The molecule has 0 spiro atoms. The third-order valence-electron chi connectivity index (χ3n) is 4.94. The number of carbonyl (C=O) groups excluding carboxylic acids is 1. The van der Waals surface area contributed by atoms with E-state index in [1.165, 1.54) is 16.4 Å². The molecule has 0 radical (unpaired) electrons. The summed E-state index contributed by atoms with van der Waals surface area (Å²) < 4.78 is 28.2. The van der Waals surface area contributed by atoms with E-state index in [4.69, 9.17) is 0 Å². The Labute approximate surface area is 177 Å². The molecule has 0 aliphatic carbocycles. The first-order valence-electron chi connectivity index (χ1n) is 9.00. The Bertz CT molecular complexity index is 1030. The highest BCUT2D eigenvalue weighted by Crippen LogP contribution is 2.29. The van der Waals surface area contributed by atoms with Crippen LogP contribution >= 0.6 is 15.9 Å². The Morgan fingerprint density at radius 3 is 2.38 bits per heavy atom. The highest BCUT2D eigenvalue weighted by Gasteiger charge is 2.33. The number of nitrogens with zero attached hydrogens (tertiary/aromatic N) is 2. The first-order valence-corrected chi connectivity index (χ1v) is 11.2. The van der Waals surface area contributed by atoms with Crippen molar-refractivity contribution in [2.45, 2.75) is 24.7 Å². The van der Waals surface area contributed by atoms with Crippen molar-refractivity contribution in [3.05, 3.63) is 62.6 Å². The SMILES string of the molecule is Cc1ccc([N+](=O)[O-])cc1S(=O)(=O)N1CCC(C(=O)Nc2ccc(Br)cc2)CC1. The number of nitrogens with one attached hydrogen (secondary N) is 1. The Morgan fingerprint density at radius 2 is 1.79 bits per heavy atom. The minimum absolute atomic E-state index is 0.0653. The van der Waals surface area contributed by atoms with Crippen molar-refractivity contribution >= 4 is 43.2 Å². The monoisotopic (exact) mass is 481 g/mol. The number of hydrogen-bond donors (Lipinski definition) is 1. The molecule has 3 rings (SSSR count). The fourth-order valence-electron chi connectivity index (χ4n) is 3.26. The number of halogens is 1. The second-order valence-corrected chi connectivity index (χ2v) is 9.70. The van der Waals surface area contributed by atoms with Crippen LogP contribution in [0.3, 0.4) is 0 Å². The largest absolute Gasteiger partial charge is 0.326 e. The molecule has 2 aromatic carbocycles. The molecule has 2 aromatic rings. The van der Waals surface area contributed by atoms with Crippen molar-refractivity contribution < 1.29 is 18.1 Å². The number of nitro groups is 1. The van der Waals surface area contributed by atoms with Gasteiger partial charge in [0.1, 0.15) is 0 Å². The van der Waals surface area contributed by atoms with Gasteiger partial charge in [-0.05, 0) is 49.6 Å². The number of hydrogen-bond acceptors (Lipinski definition) is 5. The molecule has 1 aliphatic heterocycles. The number of benzene rings is 2. The van der Waals surface area contributed by atoms with Gasteiger partial charge < -0.3 is 5.32 Å². The molecular formula is C19H20BrN3O5S. The van der Waals surface area contributed by atoms with E-state index in [1.54, 1.807) is 19.1 Å². The summed E-state index contributed by atoms with van der Waals surface area (Å²) in [6.45, 7) is 1.97. The van der Waals surface area contributed by atoms with Crippen molar-refractivity contribution in [2.24, 2.45) is 5.92 Å². The van der Waals surface area contributed by atoms with Crippen molar-refractivity contribution in [1.29, 1.82) is 0 Å². The maximum atomic E-state index is 13.0. The van der Waals surface area contributed by atoms with E-state index < -0.39 is 14.9 Å². The minimum Gasteiger partial charge on any atom is -0.326 e. The number of amides is 1. The number of non-ortho nitro benzene ring substituents is 1. The molecule has 10 heteroatoms. The fourth-order valence-corrected chi connectivity index (χ4v) is 5.23. The van der Waals surface area contributed by atoms with Gasteiger partial charge in [0.2, 0.25) is 15.9 Å². The van der Waals surface area contributed by atoms with Gasteiger partial charge in [-0.3, -0.25) is 14.9 Å². The van der Waals surface area contributed by atoms with Crippen LogP contribution in [0.1, 0.15) is 18.4 Å². The molecule has 0 atom stereocenters. The first-order chi connectivity index (χ1) is 13.7. The van der Waals surface area contributed by atoms with Gasteiger partial charge >= 0.3 is 0 Å². The molecule has 0 aromatic heterocycles. The average Bonchev–Trinajstić information content (AvgIpc) is 2.69. The number of sulfonamides is 1. The van der Waals surface area contributed by atoms with Crippen LogP contribution in [0.15, 0.2) is 51.8 Å². The van der Waals surface area contributed by atoms with Crippen LogP contribution in [0.4, 0.5) is 11.4 Å². The maximum Gasteiger partial charge on any atom is 0.270 e. The summed E-state index contributed by atoms with van der Waals surface area (Å²) in [7, 11) is -3.87. The van der Waals surface area contributed by atoms with E-state index in [9.17, 15) is 23.3 Å². The van der Waals surface area contributed by atoms with E-state index in [1.807, 2.05) is 12.1 Å². The molecule has 0 bridgehead atoms. The van der Waals surface area contributed by atoms with Crippen molar-refractivity contribution in [2.75, 3.05) is 18.4 Å². The lowest BCUT2D eigenvalue weighted by molar-refractivity contribution is -0.385. The molecule has 1 heterocycles.